The van der Waals surface area contributed by atoms with Crippen molar-refractivity contribution in [1.29, 1.82) is 0 Å². The van der Waals surface area contributed by atoms with Crippen molar-refractivity contribution >= 4 is 11.5 Å². The molecule has 104 valence electrons. The monoisotopic (exact) mass is 276 g/mol. The number of benzene rings is 2. The van der Waals surface area contributed by atoms with Gasteiger partial charge in [0.25, 0.3) is 0 Å². The van der Waals surface area contributed by atoms with Crippen molar-refractivity contribution < 1.29 is 9.53 Å². The summed E-state index contributed by atoms with van der Waals surface area (Å²) in [4.78, 5) is 11.7. The number of carbonyl (C=O) groups excluding carboxylic acids is 1. The number of rotatable bonds is 3. The first-order valence-electron chi connectivity index (χ1n) is 6.80. The van der Waals surface area contributed by atoms with Crippen molar-refractivity contribution in [2.45, 2.75) is 6.92 Å². The van der Waals surface area contributed by atoms with Gasteiger partial charge in [-0.1, -0.05) is 60.4 Å². The maximum atomic E-state index is 11.7. The van der Waals surface area contributed by atoms with Gasteiger partial charge in [-0.15, -0.1) is 0 Å². The molecule has 0 amide bonds. The Balaban J connectivity index is 2.34. The third-order valence-corrected chi connectivity index (χ3v) is 2.75. The predicted molar refractivity (Wildman–Crippen MR) is 84.4 cm³/mol. The van der Waals surface area contributed by atoms with E-state index in [1.54, 1.807) is 6.92 Å². The number of carbonyl (C=O) groups is 1. The maximum Gasteiger partial charge on any atom is 0.332 e. The first-order valence-corrected chi connectivity index (χ1v) is 6.80. The highest BCUT2D eigenvalue weighted by atomic mass is 16.5. The van der Waals surface area contributed by atoms with Gasteiger partial charge in [0.05, 0.1) is 6.61 Å². The molecule has 0 heterocycles. The molecule has 2 aromatic carbocycles. The van der Waals surface area contributed by atoms with Gasteiger partial charge in [0.2, 0.25) is 0 Å². The fraction of sp³-hybridized carbons (Fsp3) is 0.105. The molecular weight excluding hydrogens is 260 g/mol. The molecule has 0 spiro atoms. The van der Waals surface area contributed by atoms with Crippen molar-refractivity contribution in [1.82, 2.24) is 0 Å². The summed E-state index contributed by atoms with van der Waals surface area (Å²) < 4.78 is 4.96. The average molecular weight is 276 g/mol. The van der Waals surface area contributed by atoms with Crippen molar-refractivity contribution in [3.63, 3.8) is 0 Å². The summed E-state index contributed by atoms with van der Waals surface area (Å²) in [5.41, 5.74) is 2.45. The van der Waals surface area contributed by atoms with Gasteiger partial charge < -0.3 is 4.74 Å². The third kappa shape index (κ3) is 4.67. The van der Waals surface area contributed by atoms with E-state index in [1.165, 1.54) is 6.08 Å². The second kappa shape index (κ2) is 7.72. The second-order valence-corrected chi connectivity index (χ2v) is 4.29. The number of esters is 1. The van der Waals surface area contributed by atoms with Gasteiger partial charge in [-0.05, 0) is 24.6 Å². The van der Waals surface area contributed by atoms with Gasteiger partial charge in [0, 0.05) is 17.2 Å². The van der Waals surface area contributed by atoms with E-state index in [4.69, 9.17) is 4.74 Å². The lowest BCUT2D eigenvalue weighted by molar-refractivity contribution is -0.137. The predicted octanol–water partition coefficient (Wildman–Crippen LogP) is 3.68. The summed E-state index contributed by atoms with van der Waals surface area (Å²) >= 11 is 0. The van der Waals surface area contributed by atoms with E-state index < -0.39 is 0 Å². The smallest absolute Gasteiger partial charge is 0.332 e. The van der Waals surface area contributed by atoms with Crippen LogP contribution in [0.15, 0.2) is 66.7 Å². The minimum atomic E-state index is -0.376. The fourth-order valence-electron chi connectivity index (χ4n) is 1.77. The van der Waals surface area contributed by atoms with Crippen molar-refractivity contribution in [2.24, 2.45) is 0 Å². The zero-order valence-corrected chi connectivity index (χ0v) is 11.9. The quantitative estimate of drug-likeness (QED) is 0.485. The highest BCUT2D eigenvalue weighted by molar-refractivity contribution is 5.96. The molecule has 21 heavy (non-hydrogen) atoms. The van der Waals surface area contributed by atoms with Crippen LogP contribution in [0.5, 0.6) is 0 Å². The van der Waals surface area contributed by atoms with Crippen LogP contribution in [0.3, 0.4) is 0 Å². The minimum Gasteiger partial charge on any atom is -0.463 e. The fourth-order valence-corrected chi connectivity index (χ4v) is 1.77. The Bertz CT molecular complexity index is 674. The number of hydrogen-bond acceptors (Lipinski definition) is 2. The van der Waals surface area contributed by atoms with Gasteiger partial charge in [-0.25, -0.2) is 4.79 Å². The highest BCUT2D eigenvalue weighted by Crippen LogP contribution is 2.13. The number of allylic oxidation sites excluding steroid dienone is 1. The lowest BCUT2D eigenvalue weighted by Crippen LogP contribution is -2.00. The first kappa shape index (κ1) is 14.6. The van der Waals surface area contributed by atoms with E-state index in [9.17, 15) is 4.79 Å². The van der Waals surface area contributed by atoms with Gasteiger partial charge in [0.15, 0.2) is 0 Å². The zero-order chi connectivity index (χ0) is 14.9. The Morgan fingerprint density at radius 1 is 1.05 bits per heavy atom. The van der Waals surface area contributed by atoms with E-state index in [2.05, 4.69) is 11.8 Å². The molecule has 0 saturated heterocycles. The summed E-state index contributed by atoms with van der Waals surface area (Å²) in [6.45, 7) is 2.13. The Morgan fingerprint density at radius 3 is 2.29 bits per heavy atom. The van der Waals surface area contributed by atoms with Gasteiger partial charge in [-0.2, -0.15) is 0 Å². The van der Waals surface area contributed by atoms with Gasteiger partial charge in [0.1, 0.15) is 0 Å². The largest absolute Gasteiger partial charge is 0.463 e. The molecule has 2 heteroatoms. The lowest BCUT2D eigenvalue weighted by Gasteiger charge is -2.01. The lowest BCUT2D eigenvalue weighted by atomic mass is 10.1. The van der Waals surface area contributed by atoms with Crippen LogP contribution in [0.2, 0.25) is 0 Å². The molecule has 0 bridgehead atoms. The molecule has 0 fully saturated rings. The van der Waals surface area contributed by atoms with E-state index >= 15 is 0 Å². The molecular formula is C19H16O2. The average Bonchev–Trinajstić information content (AvgIpc) is 2.53. The molecule has 0 aliphatic rings. The van der Waals surface area contributed by atoms with Crippen LogP contribution in [0, 0.1) is 11.8 Å². The first-order chi connectivity index (χ1) is 10.3. The Labute approximate surface area is 125 Å². The van der Waals surface area contributed by atoms with Crippen molar-refractivity contribution in [2.75, 3.05) is 6.61 Å². The third-order valence-electron chi connectivity index (χ3n) is 2.75. The summed E-state index contributed by atoms with van der Waals surface area (Å²) in [6, 6.07) is 19.3. The van der Waals surface area contributed by atoms with Crippen LogP contribution in [0.4, 0.5) is 0 Å². The Morgan fingerprint density at radius 2 is 1.67 bits per heavy atom. The molecule has 2 rings (SSSR count). The highest BCUT2D eigenvalue weighted by Gasteiger charge is 2.02. The Hall–Kier alpha value is -2.79. The molecule has 0 aromatic heterocycles. The van der Waals surface area contributed by atoms with E-state index in [1.807, 2.05) is 60.7 Å². The molecule has 0 N–H and O–H groups in total. The molecule has 0 aliphatic carbocycles. The normalized spacial score (nSPS) is 10.4. The van der Waals surface area contributed by atoms with E-state index in [0.29, 0.717) is 12.2 Å². The van der Waals surface area contributed by atoms with Crippen LogP contribution in [0.25, 0.3) is 5.57 Å². The maximum absolute atomic E-state index is 11.7. The zero-order valence-electron chi connectivity index (χ0n) is 11.9. The molecule has 0 saturated carbocycles. The van der Waals surface area contributed by atoms with Crippen LogP contribution in [-0.4, -0.2) is 12.6 Å². The second-order valence-electron chi connectivity index (χ2n) is 4.29. The molecule has 0 unspecified atom stereocenters. The van der Waals surface area contributed by atoms with Gasteiger partial charge in [-0.3, -0.25) is 0 Å². The standard InChI is InChI=1S/C19H16O2/c1-2-21-19(20)15-18(17-11-7-4-8-12-17)14-13-16-9-5-3-6-10-16/h3-12,15H,2H2,1H3/b18-15+. The molecule has 2 nitrogen and oxygen atoms in total. The summed E-state index contributed by atoms with van der Waals surface area (Å²) in [5, 5.41) is 0. The van der Waals surface area contributed by atoms with E-state index in [0.717, 1.165) is 11.1 Å². The van der Waals surface area contributed by atoms with Crippen LogP contribution in [-0.2, 0) is 9.53 Å². The van der Waals surface area contributed by atoms with Crippen LogP contribution in [0.1, 0.15) is 18.1 Å². The summed E-state index contributed by atoms with van der Waals surface area (Å²) in [5.74, 6) is 5.74. The Kier molecular flexibility index (Phi) is 5.37. The van der Waals surface area contributed by atoms with Crippen LogP contribution < -0.4 is 0 Å². The van der Waals surface area contributed by atoms with Crippen molar-refractivity contribution in [3.8, 4) is 11.8 Å². The van der Waals surface area contributed by atoms with Gasteiger partial charge >= 0.3 is 5.97 Å². The summed E-state index contributed by atoms with van der Waals surface area (Å²) in [7, 11) is 0. The van der Waals surface area contributed by atoms with E-state index in [-0.39, 0.29) is 5.97 Å². The molecule has 0 atom stereocenters. The SMILES string of the molecule is CCOC(=O)/C=C(\C#Cc1ccccc1)c1ccccc1. The summed E-state index contributed by atoms with van der Waals surface area (Å²) in [6.07, 6.45) is 1.44. The minimum absolute atomic E-state index is 0.351. The molecule has 2 aromatic rings. The van der Waals surface area contributed by atoms with Crippen LogP contribution >= 0.6 is 0 Å². The van der Waals surface area contributed by atoms with Crippen molar-refractivity contribution in [3.05, 3.63) is 77.9 Å². The topological polar surface area (TPSA) is 26.3 Å². The molecule has 0 radical (unpaired) electrons. The molecule has 0 aliphatic heterocycles. The number of ether oxygens (including phenoxy) is 1. The number of hydrogen-bond donors (Lipinski definition) is 0.